The zero-order valence-corrected chi connectivity index (χ0v) is 12.5. The summed E-state index contributed by atoms with van der Waals surface area (Å²) in [5.41, 5.74) is 0. The normalized spacial score (nSPS) is 24.4. The molecule has 2 aliphatic heterocycles. The minimum Gasteiger partial charge on any atom is -0.353 e. The molecular weight excluding hydrogens is 254 g/mol. The number of hydrogen-bond donors (Lipinski definition) is 2. The van der Waals surface area contributed by atoms with Gasteiger partial charge in [0.2, 0.25) is 11.8 Å². The third-order valence-corrected chi connectivity index (χ3v) is 4.26. The average Bonchev–Trinajstić information content (AvgIpc) is 2.48. The molecule has 114 valence electrons. The van der Waals surface area contributed by atoms with Gasteiger partial charge in [0.15, 0.2) is 0 Å². The molecule has 1 atom stereocenters. The molecule has 2 N–H and O–H groups in total. The summed E-state index contributed by atoms with van der Waals surface area (Å²) in [7, 11) is 0. The molecule has 0 bridgehead atoms. The second-order valence-corrected chi connectivity index (χ2v) is 5.92. The molecule has 2 amide bonds. The maximum atomic E-state index is 12.4. The van der Waals surface area contributed by atoms with Crippen molar-refractivity contribution < 1.29 is 9.59 Å². The largest absolute Gasteiger partial charge is 0.353 e. The van der Waals surface area contributed by atoms with Gasteiger partial charge in [-0.1, -0.05) is 13.3 Å². The van der Waals surface area contributed by atoms with Crippen LogP contribution in [0.25, 0.3) is 0 Å². The molecule has 0 radical (unpaired) electrons. The molecule has 2 fully saturated rings. The van der Waals surface area contributed by atoms with Crippen LogP contribution in [-0.2, 0) is 9.59 Å². The molecule has 2 rings (SSSR count). The monoisotopic (exact) mass is 281 g/mol. The fourth-order valence-electron chi connectivity index (χ4n) is 3.05. The quantitative estimate of drug-likeness (QED) is 0.809. The number of rotatable bonds is 4. The van der Waals surface area contributed by atoms with Crippen LogP contribution in [0.3, 0.4) is 0 Å². The second-order valence-electron chi connectivity index (χ2n) is 5.92. The molecule has 0 unspecified atom stereocenters. The van der Waals surface area contributed by atoms with Crippen LogP contribution in [0, 0.1) is 0 Å². The molecular formula is C15H27N3O2. The standard InChI is InChI=1S/C15H27N3O2/c1-2-5-14(19)17-12-7-10-18(11-8-12)15(20)13-6-3-4-9-16-13/h12-13,16H,2-11H2,1H3,(H,17,19)/t13-/m0/s1. The van der Waals surface area contributed by atoms with Gasteiger partial charge in [0.25, 0.3) is 0 Å². The van der Waals surface area contributed by atoms with Crippen LogP contribution in [0.2, 0.25) is 0 Å². The number of nitrogens with one attached hydrogen (secondary N) is 2. The third kappa shape index (κ3) is 4.20. The maximum absolute atomic E-state index is 12.4. The van der Waals surface area contributed by atoms with E-state index in [1.165, 1.54) is 6.42 Å². The van der Waals surface area contributed by atoms with Crippen molar-refractivity contribution in [2.45, 2.75) is 64.0 Å². The number of carbonyl (C=O) groups is 2. The molecule has 5 nitrogen and oxygen atoms in total. The van der Waals surface area contributed by atoms with Gasteiger partial charge in [0.05, 0.1) is 6.04 Å². The maximum Gasteiger partial charge on any atom is 0.239 e. The van der Waals surface area contributed by atoms with Gasteiger partial charge in [-0.3, -0.25) is 9.59 Å². The summed E-state index contributed by atoms with van der Waals surface area (Å²) in [6.07, 6.45) is 6.54. The van der Waals surface area contributed by atoms with Crippen LogP contribution < -0.4 is 10.6 Å². The van der Waals surface area contributed by atoms with E-state index >= 15 is 0 Å². The highest BCUT2D eigenvalue weighted by Gasteiger charge is 2.29. The number of likely N-dealkylation sites (tertiary alicyclic amines) is 1. The van der Waals surface area contributed by atoms with Crippen LogP contribution in [0.15, 0.2) is 0 Å². The summed E-state index contributed by atoms with van der Waals surface area (Å²) in [5, 5.41) is 6.38. The predicted molar refractivity (Wildman–Crippen MR) is 78.3 cm³/mol. The predicted octanol–water partition coefficient (Wildman–Crippen LogP) is 1.04. The molecule has 5 heteroatoms. The molecule has 0 spiro atoms. The van der Waals surface area contributed by atoms with Gasteiger partial charge < -0.3 is 15.5 Å². The summed E-state index contributed by atoms with van der Waals surface area (Å²) in [6, 6.07) is 0.271. The van der Waals surface area contributed by atoms with E-state index in [4.69, 9.17) is 0 Å². The number of nitrogens with zero attached hydrogens (tertiary/aromatic N) is 1. The van der Waals surface area contributed by atoms with Crippen LogP contribution in [0.4, 0.5) is 0 Å². The summed E-state index contributed by atoms with van der Waals surface area (Å²) in [6.45, 7) is 4.51. The first-order valence-corrected chi connectivity index (χ1v) is 8.02. The van der Waals surface area contributed by atoms with Crippen LogP contribution in [-0.4, -0.2) is 48.4 Å². The van der Waals surface area contributed by atoms with Crippen molar-refractivity contribution in [3.63, 3.8) is 0 Å². The molecule has 0 aromatic carbocycles. The Morgan fingerprint density at radius 3 is 2.55 bits per heavy atom. The van der Waals surface area contributed by atoms with Gasteiger partial charge >= 0.3 is 0 Å². The Hall–Kier alpha value is -1.10. The lowest BCUT2D eigenvalue weighted by atomic mass is 10.0. The minimum atomic E-state index is 0.0231. The van der Waals surface area contributed by atoms with Crippen molar-refractivity contribution in [1.29, 1.82) is 0 Å². The van der Waals surface area contributed by atoms with Gasteiger partial charge in [-0.2, -0.15) is 0 Å². The van der Waals surface area contributed by atoms with Crippen molar-refractivity contribution in [3.05, 3.63) is 0 Å². The number of hydrogen-bond acceptors (Lipinski definition) is 3. The van der Waals surface area contributed by atoms with Crippen molar-refractivity contribution in [2.24, 2.45) is 0 Å². The molecule has 0 aliphatic carbocycles. The Balaban J connectivity index is 1.73. The van der Waals surface area contributed by atoms with E-state index in [1.807, 2.05) is 11.8 Å². The lowest BCUT2D eigenvalue weighted by Gasteiger charge is -2.35. The second kappa shape index (κ2) is 7.62. The summed E-state index contributed by atoms with van der Waals surface area (Å²) < 4.78 is 0. The summed E-state index contributed by atoms with van der Waals surface area (Å²) >= 11 is 0. The highest BCUT2D eigenvalue weighted by Crippen LogP contribution is 2.15. The van der Waals surface area contributed by atoms with Crippen LogP contribution in [0.5, 0.6) is 0 Å². The van der Waals surface area contributed by atoms with E-state index in [1.54, 1.807) is 0 Å². The van der Waals surface area contributed by atoms with Crippen LogP contribution >= 0.6 is 0 Å². The topological polar surface area (TPSA) is 61.4 Å². The van der Waals surface area contributed by atoms with Gasteiger partial charge in [-0.15, -0.1) is 0 Å². The molecule has 20 heavy (non-hydrogen) atoms. The molecule has 2 heterocycles. The van der Waals surface area contributed by atoms with Crippen molar-refractivity contribution in [1.82, 2.24) is 15.5 Å². The van der Waals surface area contributed by atoms with Crippen LogP contribution in [0.1, 0.15) is 51.9 Å². The average molecular weight is 281 g/mol. The van der Waals surface area contributed by atoms with E-state index in [-0.39, 0.29) is 23.9 Å². The zero-order valence-electron chi connectivity index (χ0n) is 12.5. The molecule has 0 aromatic heterocycles. The first-order valence-electron chi connectivity index (χ1n) is 8.02. The Morgan fingerprint density at radius 1 is 1.20 bits per heavy atom. The van der Waals surface area contributed by atoms with Gasteiger partial charge in [0.1, 0.15) is 0 Å². The van der Waals surface area contributed by atoms with Gasteiger partial charge in [-0.25, -0.2) is 0 Å². The number of amides is 2. The first kappa shape index (κ1) is 15.3. The van der Waals surface area contributed by atoms with E-state index in [0.29, 0.717) is 6.42 Å². The Labute approximate surface area is 121 Å². The van der Waals surface area contributed by atoms with Gasteiger partial charge in [0, 0.05) is 25.6 Å². The molecule has 2 aliphatic rings. The fraction of sp³-hybridized carbons (Fsp3) is 0.867. The lowest BCUT2D eigenvalue weighted by Crippen LogP contribution is -2.53. The zero-order chi connectivity index (χ0) is 14.4. The van der Waals surface area contributed by atoms with E-state index in [9.17, 15) is 9.59 Å². The van der Waals surface area contributed by atoms with E-state index < -0.39 is 0 Å². The van der Waals surface area contributed by atoms with Gasteiger partial charge in [-0.05, 0) is 38.6 Å². The highest BCUT2D eigenvalue weighted by atomic mass is 16.2. The van der Waals surface area contributed by atoms with Crippen molar-refractivity contribution in [2.75, 3.05) is 19.6 Å². The minimum absolute atomic E-state index is 0.0231. The smallest absolute Gasteiger partial charge is 0.239 e. The fourth-order valence-corrected chi connectivity index (χ4v) is 3.05. The number of piperidine rings is 2. The molecule has 0 aromatic rings. The SMILES string of the molecule is CCCC(=O)NC1CCN(C(=O)[C@@H]2CCCCN2)CC1. The lowest BCUT2D eigenvalue weighted by molar-refractivity contribution is -0.135. The third-order valence-electron chi connectivity index (χ3n) is 4.26. The first-order chi connectivity index (χ1) is 9.70. The molecule has 2 saturated heterocycles. The Bertz CT molecular complexity index is 332. The summed E-state index contributed by atoms with van der Waals surface area (Å²) in [4.78, 5) is 25.9. The molecule has 0 saturated carbocycles. The summed E-state index contributed by atoms with van der Waals surface area (Å²) in [5.74, 6) is 0.397. The van der Waals surface area contributed by atoms with E-state index in [2.05, 4.69) is 10.6 Å². The van der Waals surface area contributed by atoms with Crippen molar-refractivity contribution in [3.8, 4) is 0 Å². The van der Waals surface area contributed by atoms with E-state index in [0.717, 1.165) is 51.7 Å². The number of carbonyl (C=O) groups excluding carboxylic acids is 2. The Morgan fingerprint density at radius 2 is 1.95 bits per heavy atom. The Kier molecular flexibility index (Phi) is 5.83. The van der Waals surface area contributed by atoms with Crippen molar-refractivity contribution >= 4 is 11.8 Å². The highest BCUT2D eigenvalue weighted by molar-refractivity contribution is 5.82.